The van der Waals surface area contributed by atoms with Crippen LogP contribution in [0.5, 0.6) is 0 Å². The summed E-state index contributed by atoms with van der Waals surface area (Å²) in [6.45, 7) is 3.19. The molecule has 0 bridgehead atoms. The molecule has 0 unspecified atom stereocenters. The van der Waals surface area contributed by atoms with Gasteiger partial charge in [-0.25, -0.2) is 0 Å². The molecule has 0 saturated heterocycles. The predicted octanol–water partition coefficient (Wildman–Crippen LogP) is -3.54. The van der Waals surface area contributed by atoms with Gasteiger partial charge in [0.2, 0.25) is 0 Å². The molecular weight excluding hydrogens is 135 g/mol. The minimum absolute atomic E-state index is 0. The van der Waals surface area contributed by atoms with Crippen molar-refractivity contribution in [2.24, 2.45) is 5.92 Å². The van der Waals surface area contributed by atoms with E-state index < -0.39 is 5.97 Å². The Balaban J connectivity index is 0. The van der Waals surface area contributed by atoms with Crippen molar-refractivity contribution in [2.45, 2.75) is 13.8 Å². The number of hydrogen-bond acceptors (Lipinski definition) is 3. The first-order valence-electron chi connectivity index (χ1n) is 2.02. The van der Waals surface area contributed by atoms with E-state index in [2.05, 4.69) is 4.89 Å². The van der Waals surface area contributed by atoms with Gasteiger partial charge in [0.05, 0.1) is 5.92 Å². The van der Waals surface area contributed by atoms with Crippen molar-refractivity contribution >= 4 is 5.97 Å². The molecule has 8 heavy (non-hydrogen) atoms. The average molecular weight is 142 g/mol. The van der Waals surface area contributed by atoms with Crippen LogP contribution < -0.4 is 56.6 Å². The number of hydrogen-bond donors (Lipinski definition) is 0. The van der Waals surface area contributed by atoms with E-state index in [-0.39, 0.29) is 57.3 Å². The van der Waals surface area contributed by atoms with Crippen LogP contribution in [0.4, 0.5) is 0 Å². The second kappa shape index (κ2) is 6.19. The molecule has 0 radical (unpaired) electrons. The summed E-state index contributed by atoms with van der Waals surface area (Å²) in [5, 5.41) is 9.22. The van der Waals surface area contributed by atoms with Gasteiger partial charge in [-0.1, -0.05) is 13.8 Å². The molecule has 0 N–H and O–H groups in total. The van der Waals surface area contributed by atoms with Crippen LogP contribution in [0, 0.1) is 5.92 Å². The molecule has 0 aromatic rings. The van der Waals surface area contributed by atoms with E-state index in [0.717, 1.165) is 0 Å². The van der Waals surface area contributed by atoms with Crippen molar-refractivity contribution in [3.63, 3.8) is 0 Å². The summed E-state index contributed by atoms with van der Waals surface area (Å²) >= 11 is 0. The minimum atomic E-state index is -0.708. The molecule has 0 amide bonds. The Morgan fingerprint density at radius 1 is 1.62 bits per heavy atom. The summed E-state index contributed by atoms with van der Waals surface area (Å²) in [7, 11) is 0. The van der Waals surface area contributed by atoms with E-state index in [1.807, 2.05) is 0 Å². The van der Waals surface area contributed by atoms with Gasteiger partial charge in [0.25, 0.3) is 0 Å². The maximum atomic E-state index is 9.98. The predicted molar refractivity (Wildman–Crippen MR) is 20.9 cm³/mol. The van der Waals surface area contributed by atoms with Gasteiger partial charge in [0, 0.05) is 0 Å². The summed E-state index contributed by atoms with van der Waals surface area (Å²) in [6, 6.07) is 0. The fourth-order valence-electron chi connectivity index (χ4n) is 0.0962. The standard InChI is InChI=1S/C4H8O3.K/c1-3(2)4(5)7-6;/h3,6H,1-2H3;/q;+1/p-1. The molecule has 0 fully saturated rings. The van der Waals surface area contributed by atoms with Crippen molar-refractivity contribution in [3.8, 4) is 0 Å². The molecule has 0 aliphatic heterocycles. The van der Waals surface area contributed by atoms with E-state index in [1.54, 1.807) is 13.8 Å². The third-order valence-corrected chi connectivity index (χ3v) is 0.554. The van der Waals surface area contributed by atoms with Crippen LogP contribution in [-0.2, 0) is 9.68 Å². The van der Waals surface area contributed by atoms with Crippen molar-refractivity contribution < 1.29 is 66.3 Å². The van der Waals surface area contributed by atoms with Crippen LogP contribution in [-0.4, -0.2) is 5.97 Å². The molecule has 0 atom stereocenters. The molecule has 4 heteroatoms. The molecule has 0 spiro atoms. The number of carbonyl (C=O) groups is 1. The minimum Gasteiger partial charge on any atom is -0.662 e. The van der Waals surface area contributed by atoms with Crippen LogP contribution in [0.3, 0.4) is 0 Å². The van der Waals surface area contributed by atoms with Gasteiger partial charge in [-0.3, -0.25) is 4.79 Å². The fraction of sp³-hybridized carbons (Fsp3) is 0.750. The van der Waals surface area contributed by atoms with Gasteiger partial charge in [-0.05, 0) is 0 Å². The zero-order chi connectivity index (χ0) is 5.86. The van der Waals surface area contributed by atoms with Crippen LogP contribution in [0.2, 0.25) is 0 Å². The Kier molecular flexibility index (Phi) is 9.14. The third-order valence-electron chi connectivity index (χ3n) is 0.554. The normalized spacial score (nSPS) is 8.00. The largest absolute Gasteiger partial charge is 1.00 e. The van der Waals surface area contributed by atoms with Gasteiger partial charge in [0.15, 0.2) is 0 Å². The van der Waals surface area contributed by atoms with E-state index >= 15 is 0 Å². The SMILES string of the molecule is CC(C)C(=O)O[O-].[K+]. The third kappa shape index (κ3) is 5.21. The Bertz CT molecular complexity index is 71.7. The second-order valence-electron chi connectivity index (χ2n) is 1.56. The Hall–Kier alpha value is 1.07. The summed E-state index contributed by atoms with van der Waals surface area (Å²) in [5.74, 6) is -1.02. The van der Waals surface area contributed by atoms with Gasteiger partial charge < -0.3 is 10.1 Å². The van der Waals surface area contributed by atoms with E-state index in [4.69, 9.17) is 0 Å². The molecule has 0 aromatic heterocycles. The van der Waals surface area contributed by atoms with Crippen LogP contribution in [0.15, 0.2) is 0 Å². The van der Waals surface area contributed by atoms with Crippen LogP contribution in [0.1, 0.15) is 13.8 Å². The first-order chi connectivity index (χ1) is 3.18. The van der Waals surface area contributed by atoms with Crippen molar-refractivity contribution in [1.82, 2.24) is 0 Å². The molecule has 0 rings (SSSR count). The van der Waals surface area contributed by atoms with Crippen LogP contribution in [0.25, 0.3) is 0 Å². The van der Waals surface area contributed by atoms with Gasteiger partial charge in [-0.2, -0.15) is 0 Å². The Labute approximate surface area is 90.8 Å². The van der Waals surface area contributed by atoms with Crippen LogP contribution >= 0.6 is 0 Å². The van der Waals surface area contributed by atoms with Crippen molar-refractivity contribution in [1.29, 1.82) is 0 Å². The maximum absolute atomic E-state index is 9.98. The molecular formula is C4H7KO3. The zero-order valence-corrected chi connectivity index (χ0v) is 8.43. The summed E-state index contributed by atoms with van der Waals surface area (Å²) in [6.07, 6.45) is 0. The maximum Gasteiger partial charge on any atom is 1.00 e. The fourth-order valence-corrected chi connectivity index (χ4v) is 0.0962. The second-order valence-corrected chi connectivity index (χ2v) is 1.56. The Morgan fingerprint density at radius 3 is 2.00 bits per heavy atom. The number of carbonyl (C=O) groups excluding carboxylic acids is 1. The zero-order valence-electron chi connectivity index (χ0n) is 5.30. The average Bonchev–Trinajstić information content (AvgIpc) is 1.65. The molecule has 0 aromatic carbocycles. The molecule has 42 valence electrons. The van der Waals surface area contributed by atoms with Crippen molar-refractivity contribution in [2.75, 3.05) is 0 Å². The van der Waals surface area contributed by atoms with Gasteiger partial charge >= 0.3 is 57.4 Å². The monoisotopic (exact) mass is 142 g/mol. The molecule has 0 aliphatic rings. The van der Waals surface area contributed by atoms with Crippen molar-refractivity contribution in [3.05, 3.63) is 0 Å². The summed E-state index contributed by atoms with van der Waals surface area (Å²) < 4.78 is 0. The quantitative estimate of drug-likeness (QED) is 0.216. The smallest absolute Gasteiger partial charge is 0.662 e. The molecule has 3 nitrogen and oxygen atoms in total. The van der Waals surface area contributed by atoms with Gasteiger partial charge in [0.1, 0.15) is 0 Å². The van der Waals surface area contributed by atoms with E-state index in [1.165, 1.54) is 0 Å². The molecule has 0 saturated carbocycles. The van der Waals surface area contributed by atoms with E-state index in [9.17, 15) is 10.1 Å². The topological polar surface area (TPSA) is 49.4 Å². The molecule has 0 heterocycles. The number of rotatable bonds is 1. The summed E-state index contributed by atoms with van der Waals surface area (Å²) in [5.41, 5.74) is 0. The van der Waals surface area contributed by atoms with E-state index in [0.29, 0.717) is 0 Å². The summed E-state index contributed by atoms with van der Waals surface area (Å²) in [4.78, 5) is 13.1. The Morgan fingerprint density at radius 2 is 2.00 bits per heavy atom. The first-order valence-corrected chi connectivity index (χ1v) is 2.02. The first kappa shape index (κ1) is 11.8. The molecule has 0 aliphatic carbocycles. The van der Waals surface area contributed by atoms with Gasteiger partial charge in [-0.15, -0.1) is 0 Å².